The summed E-state index contributed by atoms with van der Waals surface area (Å²) >= 11 is 0. The van der Waals surface area contributed by atoms with Crippen LogP contribution in [-0.2, 0) is 29.6 Å². The number of aromatic nitrogens is 1. The van der Waals surface area contributed by atoms with Crippen molar-refractivity contribution in [1.82, 2.24) is 9.88 Å². The van der Waals surface area contributed by atoms with Gasteiger partial charge in [0.15, 0.2) is 5.82 Å². The molecular weight excluding hydrogens is 448 g/mol. The van der Waals surface area contributed by atoms with E-state index in [2.05, 4.69) is 15.2 Å². The summed E-state index contributed by atoms with van der Waals surface area (Å²) in [6.45, 7) is 6.05. The van der Waals surface area contributed by atoms with E-state index in [9.17, 15) is 26.4 Å². The molecule has 1 aliphatic heterocycles. The van der Waals surface area contributed by atoms with E-state index < -0.39 is 43.3 Å². The maximum Gasteiger partial charge on any atom is 0.247 e. The van der Waals surface area contributed by atoms with Gasteiger partial charge in [-0.2, -0.15) is 4.72 Å². The third kappa shape index (κ3) is 4.62. The number of carbonyl (C=O) groups is 2. The molecule has 1 aliphatic rings. The fourth-order valence-corrected chi connectivity index (χ4v) is 6.35. The highest BCUT2D eigenvalue weighted by molar-refractivity contribution is 7.94. The second-order valence-electron chi connectivity index (χ2n) is 7.86. The van der Waals surface area contributed by atoms with Crippen molar-refractivity contribution in [3.8, 4) is 0 Å². The lowest BCUT2D eigenvalue weighted by Crippen LogP contribution is -2.41. The molecule has 0 unspecified atom stereocenters. The highest BCUT2D eigenvalue weighted by atomic mass is 32.2. The molecule has 31 heavy (non-hydrogen) atoms. The Morgan fingerprint density at radius 2 is 1.87 bits per heavy atom. The Hall–Kier alpha value is -2.77. The second-order valence-corrected chi connectivity index (χ2v) is 11.4. The van der Waals surface area contributed by atoms with E-state index in [0.717, 1.165) is 12.1 Å². The molecular formula is C18H22N4O7S2. The van der Waals surface area contributed by atoms with Crippen LogP contribution in [0, 0.1) is 12.3 Å². The van der Waals surface area contributed by atoms with Crippen LogP contribution in [0.25, 0.3) is 0 Å². The second kappa shape index (κ2) is 7.73. The van der Waals surface area contributed by atoms with Gasteiger partial charge in [0.25, 0.3) is 0 Å². The van der Waals surface area contributed by atoms with Gasteiger partial charge in [0.2, 0.25) is 31.9 Å². The van der Waals surface area contributed by atoms with Gasteiger partial charge in [-0.3, -0.25) is 9.59 Å². The van der Waals surface area contributed by atoms with E-state index in [1.54, 1.807) is 6.92 Å². The fourth-order valence-electron chi connectivity index (χ4n) is 3.04. The van der Waals surface area contributed by atoms with Crippen molar-refractivity contribution in [3.05, 3.63) is 36.1 Å². The third-order valence-electron chi connectivity index (χ3n) is 4.57. The average Bonchev–Trinajstić information content (AvgIpc) is 3.11. The summed E-state index contributed by atoms with van der Waals surface area (Å²) in [6, 6.07) is 5.13. The number of rotatable bonds is 6. The number of aryl methyl sites for hydroxylation is 1. The quantitative estimate of drug-likeness (QED) is 0.633. The lowest BCUT2D eigenvalue weighted by Gasteiger charge is -2.18. The Morgan fingerprint density at radius 1 is 1.26 bits per heavy atom. The maximum absolute atomic E-state index is 12.6. The molecule has 2 N–H and O–H groups in total. The van der Waals surface area contributed by atoms with Gasteiger partial charge < -0.3 is 9.84 Å². The summed E-state index contributed by atoms with van der Waals surface area (Å²) in [4.78, 5) is 24.5. The molecule has 0 spiro atoms. The van der Waals surface area contributed by atoms with Crippen LogP contribution >= 0.6 is 0 Å². The molecule has 1 fully saturated rings. The molecule has 2 heterocycles. The van der Waals surface area contributed by atoms with E-state index in [1.807, 2.05) is 0 Å². The van der Waals surface area contributed by atoms with Gasteiger partial charge in [-0.1, -0.05) is 5.16 Å². The predicted octanol–water partition coefficient (Wildman–Crippen LogP) is 0.991. The molecule has 1 saturated heterocycles. The molecule has 2 amide bonds. The molecule has 0 saturated carbocycles. The number of benzene rings is 1. The minimum atomic E-state index is -4.10. The van der Waals surface area contributed by atoms with Gasteiger partial charge >= 0.3 is 0 Å². The maximum atomic E-state index is 12.6. The van der Waals surface area contributed by atoms with E-state index >= 15 is 0 Å². The average molecular weight is 471 g/mol. The van der Waals surface area contributed by atoms with Gasteiger partial charge in [0.05, 0.1) is 27.8 Å². The largest absolute Gasteiger partial charge is 0.360 e. The highest BCUT2D eigenvalue weighted by Crippen LogP contribution is 2.35. The first kappa shape index (κ1) is 22.9. The van der Waals surface area contributed by atoms with E-state index in [0.29, 0.717) is 10.1 Å². The molecule has 11 nitrogen and oxygen atoms in total. The molecule has 1 aromatic heterocycles. The Bertz CT molecular complexity index is 1230. The molecule has 168 valence electrons. The number of sulfonamides is 2. The Kier molecular flexibility index (Phi) is 5.71. The van der Waals surface area contributed by atoms with Crippen LogP contribution in [0.1, 0.15) is 26.5 Å². The van der Waals surface area contributed by atoms with E-state index in [-0.39, 0.29) is 22.2 Å². The lowest BCUT2D eigenvalue weighted by molar-refractivity contribution is -0.123. The number of nitrogens with one attached hydrogen (secondary N) is 2. The van der Waals surface area contributed by atoms with Crippen molar-refractivity contribution in [2.45, 2.75) is 38.6 Å². The zero-order chi connectivity index (χ0) is 23.2. The minimum absolute atomic E-state index is 0.0433. The number of hydrogen-bond donors (Lipinski definition) is 2. The highest BCUT2D eigenvalue weighted by Gasteiger charge is 2.49. The van der Waals surface area contributed by atoms with E-state index in [4.69, 9.17) is 4.52 Å². The molecule has 3 rings (SSSR count). The molecule has 0 radical (unpaired) electrons. The van der Waals surface area contributed by atoms with Crippen LogP contribution in [0.15, 0.2) is 39.8 Å². The van der Waals surface area contributed by atoms with Crippen LogP contribution in [0.2, 0.25) is 0 Å². The van der Waals surface area contributed by atoms with Crippen molar-refractivity contribution in [3.63, 3.8) is 0 Å². The Balaban J connectivity index is 1.75. The molecule has 0 aliphatic carbocycles. The van der Waals surface area contributed by atoms with E-state index in [1.165, 1.54) is 39.0 Å². The summed E-state index contributed by atoms with van der Waals surface area (Å²) in [7, 11) is -7.96. The molecule has 1 aromatic carbocycles. The Labute approximate surface area is 179 Å². The minimum Gasteiger partial charge on any atom is -0.360 e. The lowest BCUT2D eigenvalue weighted by atomic mass is 9.95. The number of nitrogens with zero attached hydrogens (tertiary/aromatic N) is 2. The van der Waals surface area contributed by atoms with Crippen LogP contribution in [0.4, 0.5) is 11.5 Å². The summed E-state index contributed by atoms with van der Waals surface area (Å²) in [5, 5.41) is 6.03. The number of amides is 2. The number of carbonyl (C=O) groups excluding carboxylic acids is 2. The monoisotopic (exact) mass is 470 g/mol. The van der Waals surface area contributed by atoms with Crippen LogP contribution in [0.3, 0.4) is 0 Å². The number of hydrogen-bond acceptors (Lipinski definition) is 8. The zero-order valence-corrected chi connectivity index (χ0v) is 18.9. The van der Waals surface area contributed by atoms with Crippen molar-refractivity contribution in [2.24, 2.45) is 5.41 Å². The zero-order valence-electron chi connectivity index (χ0n) is 17.2. The van der Waals surface area contributed by atoms with Gasteiger partial charge in [0, 0.05) is 6.07 Å². The summed E-state index contributed by atoms with van der Waals surface area (Å²) in [6.07, 6.45) is 0. The predicted molar refractivity (Wildman–Crippen MR) is 111 cm³/mol. The van der Waals surface area contributed by atoms with Crippen molar-refractivity contribution < 1.29 is 30.9 Å². The van der Waals surface area contributed by atoms with Gasteiger partial charge in [-0.15, -0.1) is 0 Å². The molecule has 0 bridgehead atoms. The topological polar surface area (TPSA) is 156 Å². The van der Waals surface area contributed by atoms with Gasteiger partial charge in [-0.05, 0) is 52.0 Å². The van der Waals surface area contributed by atoms with Gasteiger partial charge in [0.1, 0.15) is 5.76 Å². The standard InChI is InChI=1S/C18H22N4O7S2/c1-11-9-15(20-29-11)19-16(23)12(2)21-31(27,28)14-7-5-13(6-8-14)22-17(24)18(3,4)10-30(22,25)26/h5-9,12,21H,10H2,1-4H3,(H,19,20,23)/t12-/m0/s1. The first-order valence-corrected chi connectivity index (χ1v) is 12.3. The van der Waals surface area contributed by atoms with Crippen LogP contribution in [0.5, 0.6) is 0 Å². The normalized spacial score (nSPS) is 18.7. The number of anilines is 2. The summed E-state index contributed by atoms with van der Waals surface area (Å²) < 4.78 is 57.7. The third-order valence-corrected chi connectivity index (χ3v) is 8.15. The summed E-state index contributed by atoms with van der Waals surface area (Å²) in [5.41, 5.74) is -1.03. The summed E-state index contributed by atoms with van der Waals surface area (Å²) in [5.74, 6) is -0.945. The van der Waals surface area contributed by atoms with Crippen molar-refractivity contribution >= 4 is 43.4 Å². The molecule has 13 heteroatoms. The smallest absolute Gasteiger partial charge is 0.247 e. The Morgan fingerprint density at radius 3 is 2.35 bits per heavy atom. The van der Waals surface area contributed by atoms with Crippen LogP contribution < -0.4 is 14.3 Å². The van der Waals surface area contributed by atoms with Crippen LogP contribution in [-0.4, -0.2) is 45.6 Å². The van der Waals surface area contributed by atoms with Gasteiger partial charge in [-0.25, -0.2) is 21.1 Å². The molecule has 1 atom stereocenters. The fraction of sp³-hybridized carbons (Fsp3) is 0.389. The van der Waals surface area contributed by atoms with Crippen molar-refractivity contribution in [1.29, 1.82) is 0 Å². The first-order valence-electron chi connectivity index (χ1n) is 9.17. The molecule has 2 aromatic rings. The SMILES string of the molecule is Cc1cc(NC(=O)[C@H](C)NS(=O)(=O)c2ccc(N3C(=O)C(C)(C)CS3(=O)=O)cc2)no1. The first-order chi connectivity index (χ1) is 14.2. The van der Waals surface area contributed by atoms with Crippen molar-refractivity contribution in [2.75, 3.05) is 15.4 Å².